The second-order valence-electron chi connectivity index (χ2n) is 6.49. The third-order valence-electron chi connectivity index (χ3n) is 4.72. The lowest BCUT2D eigenvalue weighted by molar-refractivity contribution is 0.889. The van der Waals surface area contributed by atoms with Crippen LogP contribution in [0.4, 0.5) is 0 Å². The topological polar surface area (TPSA) is 0 Å². The van der Waals surface area contributed by atoms with Gasteiger partial charge in [0.05, 0.1) is 0 Å². The molecule has 0 radical (unpaired) electrons. The zero-order valence-corrected chi connectivity index (χ0v) is 15.8. The molecular formula is C24H30. The lowest BCUT2D eigenvalue weighted by Crippen LogP contribution is -2.02. The first kappa shape index (κ1) is 18.3. The van der Waals surface area contributed by atoms with E-state index >= 15 is 0 Å². The fraction of sp³-hybridized carbons (Fsp3) is 0.333. The first-order valence-corrected chi connectivity index (χ1v) is 9.08. The summed E-state index contributed by atoms with van der Waals surface area (Å²) in [6.45, 7) is 11.0. The van der Waals surface area contributed by atoms with E-state index in [1.54, 1.807) is 0 Å². The predicted octanol–water partition coefficient (Wildman–Crippen LogP) is 7.35. The van der Waals surface area contributed by atoms with Gasteiger partial charge in [0, 0.05) is 0 Å². The maximum atomic E-state index is 2.38. The number of rotatable bonds is 5. The fourth-order valence-electron chi connectivity index (χ4n) is 3.41. The first-order valence-electron chi connectivity index (χ1n) is 9.08. The average molecular weight is 319 g/mol. The fourth-order valence-corrected chi connectivity index (χ4v) is 3.41. The summed E-state index contributed by atoms with van der Waals surface area (Å²) >= 11 is 0. The maximum Gasteiger partial charge on any atom is -0.00826 e. The molecule has 0 aromatic heterocycles. The molecule has 0 heterocycles. The van der Waals surface area contributed by atoms with Crippen molar-refractivity contribution < 1.29 is 0 Å². The van der Waals surface area contributed by atoms with Crippen LogP contribution in [0.1, 0.15) is 58.1 Å². The number of benzene rings is 1. The summed E-state index contributed by atoms with van der Waals surface area (Å²) in [6, 6.07) is 8.74. The van der Waals surface area contributed by atoms with Gasteiger partial charge in [-0.2, -0.15) is 0 Å². The maximum absolute atomic E-state index is 2.38. The highest BCUT2D eigenvalue weighted by atomic mass is 14.2. The summed E-state index contributed by atoms with van der Waals surface area (Å²) in [7, 11) is 0. The standard InChI is InChI=1S/C24H30/c1-6-11-18(4)23-16-15-21(20(8-3)12-7-2)17-24(23)22-14-10-9-13-19(22)5/h7-10,12-15,17H,6,11,16H2,1-5H3/b12-7-,20-8+,23-18+. The van der Waals surface area contributed by atoms with Crippen molar-refractivity contribution in [2.24, 2.45) is 0 Å². The van der Waals surface area contributed by atoms with Crippen molar-refractivity contribution >= 4 is 5.57 Å². The molecule has 0 heteroatoms. The van der Waals surface area contributed by atoms with Crippen molar-refractivity contribution in [3.63, 3.8) is 0 Å². The van der Waals surface area contributed by atoms with Crippen LogP contribution in [0.15, 0.2) is 76.9 Å². The third-order valence-corrected chi connectivity index (χ3v) is 4.72. The van der Waals surface area contributed by atoms with Gasteiger partial charge in [0.1, 0.15) is 0 Å². The molecule has 0 amide bonds. The van der Waals surface area contributed by atoms with Crippen LogP contribution in [0.2, 0.25) is 0 Å². The number of allylic oxidation sites excluding steroid dienone is 10. The Kier molecular flexibility index (Phi) is 6.61. The van der Waals surface area contributed by atoms with Gasteiger partial charge in [0.15, 0.2) is 0 Å². The van der Waals surface area contributed by atoms with Gasteiger partial charge in [-0.25, -0.2) is 0 Å². The van der Waals surface area contributed by atoms with E-state index in [1.807, 2.05) is 0 Å². The Morgan fingerprint density at radius 3 is 2.54 bits per heavy atom. The van der Waals surface area contributed by atoms with Crippen LogP contribution in [0.3, 0.4) is 0 Å². The van der Waals surface area contributed by atoms with Crippen molar-refractivity contribution in [3.05, 3.63) is 88.1 Å². The van der Waals surface area contributed by atoms with E-state index in [0.29, 0.717) is 0 Å². The molecule has 0 bridgehead atoms. The molecule has 1 aromatic rings. The van der Waals surface area contributed by atoms with Crippen molar-refractivity contribution in [3.8, 4) is 0 Å². The number of hydrogen-bond acceptors (Lipinski definition) is 0. The molecule has 0 unspecified atom stereocenters. The molecule has 1 aromatic carbocycles. The van der Waals surface area contributed by atoms with Gasteiger partial charge in [0.25, 0.3) is 0 Å². The predicted molar refractivity (Wildman–Crippen MR) is 108 cm³/mol. The summed E-state index contributed by atoms with van der Waals surface area (Å²) in [4.78, 5) is 0. The van der Waals surface area contributed by atoms with Crippen molar-refractivity contribution in [1.82, 2.24) is 0 Å². The van der Waals surface area contributed by atoms with Gasteiger partial charge in [-0.3, -0.25) is 0 Å². The molecule has 0 saturated heterocycles. The van der Waals surface area contributed by atoms with Crippen LogP contribution in [-0.4, -0.2) is 0 Å². The Balaban J connectivity index is 2.59. The van der Waals surface area contributed by atoms with Crippen LogP contribution < -0.4 is 0 Å². The minimum Gasteiger partial charge on any atom is -0.0871 e. The Morgan fingerprint density at radius 2 is 1.92 bits per heavy atom. The van der Waals surface area contributed by atoms with E-state index in [1.165, 1.54) is 51.8 Å². The van der Waals surface area contributed by atoms with E-state index in [4.69, 9.17) is 0 Å². The van der Waals surface area contributed by atoms with Crippen LogP contribution in [0, 0.1) is 6.92 Å². The molecule has 0 atom stereocenters. The van der Waals surface area contributed by atoms with Crippen molar-refractivity contribution in [1.29, 1.82) is 0 Å². The van der Waals surface area contributed by atoms with E-state index in [9.17, 15) is 0 Å². The Morgan fingerprint density at radius 1 is 1.17 bits per heavy atom. The molecule has 0 fully saturated rings. The van der Waals surface area contributed by atoms with Gasteiger partial charge >= 0.3 is 0 Å². The minimum atomic E-state index is 1.02. The summed E-state index contributed by atoms with van der Waals surface area (Å²) in [5.41, 5.74) is 9.78. The highest BCUT2D eigenvalue weighted by Crippen LogP contribution is 2.37. The van der Waals surface area contributed by atoms with Crippen LogP contribution in [0.5, 0.6) is 0 Å². The van der Waals surface area contributed by atoms with Crippen LogP contribution >= 0.6 is 0 Å². The Labute approximate surface area is 148 Å². The first-order chi connectivity index (χ1) is 11.6. The van der Waals surface area contributed by atoms with Crippen molar-refractivity contribution in [2.45, 2.75) is 53.9 Å². The van der Waals surface area contributed by atoms with Gasteiger partial charge in [-0.15, -0.1) is 0 Å². The zero-order valence-electron chi connectivity index (χ0n) is 15.8. The molecule has 0 nitrogen and oxygen atoms in total. The quantitative estimate of drug-likeness (QED) is 0.498. The smallest absolute Gasteiger partial charge is 0.00826 e. The van der Waals surface area contributed by atoms with Gasteiger partial charge < -0.3 is 0 Å². The number of aryl methyl sites for hydroxylation is 1. The highest BCUT2D eigenvalue weighted by molar-refractivity contribution is 5.86. The molecular weight excluding hydrogens is 288 g/mol. The molecule has 126 valence electrons. The zero-order chi connectivity index (χ0) is 17.5. The minimum absolute atomic E-state index is 1.02. The second-order valence-corrected chi connectivity index (χ2v) is 6.49. The van der Waals surface area contributed by atoms with Gasteiger partial charge in [-0.05, 0) is 80.0 Å². The summed E-state index contributed by atoms with van der Waals surface area (Å²) in [5, 5.41) is 0. The van der Waals surface area contributed by atoms with Crippen molar-refractivity contribution in [2.75, 3.05) is 0 Å². The average Bonchev–Trinajstić information content (AvgIpc) is 2.60. The molecule has 2 rings (SSSR count). The molecule has 1 aliphatic rings. The lowest BCUT2D eigenvalue weighted by Gasteiger charge is -2.22. The normalized spacial score (nSPS) is 17.8. The van der Waals surface area contributed by atoms with Gasteiger partial charge in [0.2, 0.25) is 0 Å². The molecule has 24 heavy (non-hydrogen) atoms. The van der Waals surface area contributed by atoms with E-state index in [0.717, 1.165) is 6.42 Å². The Bertz CT molecular complexity index is 733. The largest absolute Gasteiger partial charge is 0.0871 e. The lowest BCUT2D eigenvalue weighted by atomic mass is 9.82. The Hall–Kier alpha value is -2.08. The molecule has 1 aliphatic carbocycles. The SMILES string of the molecule is C/C=C\C(=C/C)C1=CC/C(=C(/C)CCC)C(c2ccccc2C)=C1. The van der Waals surface area contributed by atoms with E-state index < -0.39 is 0 Å². The van der Waals surface area contributed by atoms with Gasteiger partial charge in [-0.1, -0.05) is 67.5 Å². The summed E-state index contributed by atoms with van der Waals surface area (Å²) < 4.78 is 0. The van der Waals surface area contributed by atoms with Crippen LogP contribution in [0.25, 0.3) is 5.57 Å². The molecule has 0 spiro atoms. The monoisotopic (exact) mass is 318 g/mol. The summed E-state index contributed by atoms with van der Waals surface area (Å²) in [6.07, 6.45) is 14.7. The second kappa shape index (κ2) is 8.68. The number of hydrogen-bond donors (Lipinski definition) is 0. The summed E-state index contributed by atoms with van der Waals surface area (Å²) in [5.74, 6) is 0. The van der Waals surface area contributed by atoms with E-state index in [-0.39, 0.29) is 0 Å². The van der Waals surface area contributed by atoms with Crippen LogP contribution in [-0.2, 0) is 0 Å². The highest BCUT2D eigenvalue weighted by Gasteiger charge is 2.17. The van der Waals surface area contributed by atoms with E-state index in [2.05, 4.69) is 89.3 Å². The molecule has 0 aliphatic heterocycles. The molecule has 0 N–H and O–H groups in total. The third kappa shape index (κ3) is 4.06. The molecule has 0 saturated carbocycles.